The highest BCUT2D eigenvalue weighted by atomic mass is 127. The number of benzene rings is 2. The van der Waals surface area contributed by atoms with Crippen LogP contribution in [-0.2, 0) is 6.42 Å². The summed E-state index contributed by atoms with van der Waals surface area (Å²) in [5, 5.41) is 16.0. The van der Waals surface area contributed by atoms with Gasteiger partial charge in [0, 0.05) is 15.6 Å². The van der Waals surface area contributed by atoms with Crippen molar-refractivity contribution in [2.45, 2.75) is 6.42 Å². The molecule has 0 amide bonds. The second kappa shape index (κ2) is 7.80. The third kappa shape index (κ3) is 3.69. The molecule has 3 N–H and O–H groups in total. The van der Waals surface area contributed by atoms with Gasteiger partial charge in [0.15, 0.2) is 5.82 Å². The van der Waals surface area contributed by atoms with E-state index in [-0.39, 0.29) is 5.56 Å². The average molecular weight is 509 g/mol. The standard InChI is InChI=1S/C19H14ClIN4O3/c20-12-9-22-19(25-17(12)23-14-4-2-1-3-13(14)21)24-15-6-5-11(18(26)27)10-7-8-28-16(10)15/h1-6,9H,7-8H2,(H,26,27)(H2,22,23,24,25). The number of aromatic nitrogens is 2. The van der Waals surface area contributed by atoms with Crippen molar-refractivity contribution in [2.75, 3.05) is 17.2 Å². The van der Waals surface area contributed by atoms with Gasteiger partial charge >= 0.3 is 5.97 Å². The van der Waals surface area contributed by atoms with E-state index < -0.39 is 5.97 Å². The van der Waals surface area contributed by atoms with Crippen molar-refractivity contribution >= 4 is 63.3 Å². The lowest BCUT2D eigenvalue weighted by atomic mass is 10.0. The van der Waals surface area contributed by atoms with Crippen LogP contribution in [0.5, 0.6) is 5.75 Å². The van der Waals surface area contributed by atoms with Gasteiger partial charge in [-0.25, -0.2) is 9.78 Å². The Kier molecular flexibility index (Phi) is 5.23. The van der Waals surface area contributed by atoms with Gasteiger partial charge in [-0.05, 0) is 46.9 Å². The second-order valence-electron chi connectivity index (χ2n) is 5.99. The SMILES string of the molecule is O=C(O)c1ccc(Nc2ncc(Cl)c(Nc3ccccc3I)n2)c2c1CCO2. The summed E-state index contributed by atoms with van der Waals surface area (Å²) in [6.45, 7) is 0.440. The highest BCUT2D eigenvalue weighted by Crippen LogP contribution is 2.37. The predicted octanol–water partition coefficient (Wildman–Crippen LogP) is 4.85. The van der Waals surface area contributed by atoms with Crippen LogP contribution in [0.1, 0.15) is 15.9 Å². The fraction of sp³-hybridized carbons (Fsp3) is 0.105. The minimum atomic E-state index is -0.972. The van der Waals surface area contributed by atoms with Crippen LogP contribution in [0, 0.1) is 3.57 Å². The Labute approximate surface area is 179 Å². The van der Waals surface area contributed by atoms with Crippen LogP contribution in [0.15, 0.2) is 42.6 Å². The maximum Gasteiger partial charge on any atom is 0.336 e. The number of carboxylic acid groups (broad SMARTS) is 1. The van der Waals surface area contributed by atoms with Crippen LogP contribution in [0.2, 0.25) is 5.02 Å². The zero-order valence-electron chi connectivity index (χ0n) is 14.4. The molecule has 1 aromatic heterocycles. The zero-order valence-corrected chi connectivity index (χ0v) is 17.3. The number of rotatable bonds is 5. The van der Waals surface area contributed by atoms with Crippen LogP contribution < -0.4 is 15.4 Å². The lowest BCUT2D eigenvalue weighted by Crippen LogP contribution is -2.05. The number of nitrogens with zero attached hydrogens (tertiary/aromatic N) is 2. The number of anilines is 4. The molecule has 0 fully saturated rings. The van der Waals surface area contributed by atoms with Gasteiger partial charge in [-0.1, -0.05) is 23.7 Å². The van der Waals surface area contributed by atoms with E-state index in [1.54, 1.807) is 12.1 Å². The molecular weight excluding hydrogens is 495 g/mol. The van der Waals surface area contributed by atoms with Crippen molar-refractivity contribution in [2.24, 2.45) is 0 Å². The molecule has 0 atom stereocenters. The molecule has 0 aliphatic carbocycles. The summed E-state index contributed by atoms with van der Waals surface area (Å²) in [6, 6.07) is 11.0. The summed E-state index contributed by atoms with van der Waals surface area (Å²) < 4.78 is 6.66. The molecule has 0 saturated carbocycles. The molecule has 1 aliphatic heterocycles. The molecule has 2 heterocycles. The third-order valence-electron chi connectivity index (χ3n) is 4.21. The molecule has 142 valence electrons. The fourth-order valence-corrected chi connectivity index (χ4v) is 3.58. The van der Waals surface area contributed by atoms with Crippen molar-refractivity contribution in [3.63, 3.8) is 0 Å². The molecular formula is C19H14ClIN4O3. The third-order valence-corrected chi connectivity index (χ3v) is 5.42. The van der Waals surface area contributed by atoms with Gasteiger partial charge in [-0.15, -0.1) is 0 Å². The van der Waals surface area contributed by atoms with E-state index >= 15 is 0 Å². The molecule has 0 spiro atoms. The number of carbonyl (C=O) groups is 1. The second-order valence-corrected chi connectivity index (χ2v) is 7.56. The monoisotopic (exact) mass is 508 g/mol. The van der Waals surface area contributed by atoms with Crippen LogP contribution in [0.3, 0.4) is 0 Å². The molecule has 0 saturated heterocycles. The number of carboxylic acids is 1. The van der Waals surface area contributed by atoms with Crippen molar-refractivity contribution in [1.82, 2.24) is 9.97 Å². The minimum Gasteiger partial charge on any atom is -0.491 e. The summed E-state index contributed by atoms with van der Waals surface area (Å²) in [5.41, 5.74) is 2.41. The molecule has 0 radical (unpaired) electrons. The quantitative estimate of drug-likeness (QED) is 0.424. The van der Waals surface area contributed by atoms with E-state index in [1.165, 1.54) is 6.20 Å². The Morgan fingerprint density at radius 2 is 2.00 bits per heavy atom. The Morgan fingerprint density at radius 3 is 2.79 bits per heavy atom. The normalized spacial score (nSPS) is 12.2. The van der Waals surface area contributed by atoms with Crippen molar-refractivity contribution in [1.29, 1.82) is 0 Å². The summed E-state index contributed by atoms with van der Waals surface area (Å²) >= 11 is 8.47. The molecule has 3 aromatic rings. The lowest BCUT2D eigenvalue weighted by Gasteiger charge is -2.13. The van der Waals surface area contributed by atoms with Gasteiger partial charge in [0.05, 0.1) is 29.7 Å². The first kappa shape index (κ1) is 18.8. The van der Waals surface area contributed by atoms with Gasteiger partial charge in [0.25, 0.3) is 0 Å². The highest BCUT2D eigenvalue weighted by molar-refractivity contribution is 14.1. The highest BCUT2D eigenvalue weighted by Gasteiger charge is 2.24. The lowest BCUT2D eigenvalue weighted by molar-refractivity contribution is 0.0696. The molecule has 28 heavy (non-hydrogen) atoms. The number of hydrogen-bond donors (Lipinski definition) is 3. The van der Waals surface area contributed by atoms with Gasteiger partial charge in [0.1, 0.15) is 10.8 Å². The van der Waals surface area contributed by atoms with Crippen LogP contribution >= 0.6 is 34.2 Å². The van der Waals surface area contributed by atoms with Gasteiger partial charge in [0.2, 0.25) is 5.95 Å². The first-order valence-electron chi connectivity index (χ1n) is 8.36. The summed E-state index contributed by atoms with van der Waals surface area (Å²) in [5.74, 6) is 0.326. The fourth-order valence-electron chi connectivity index (χ4n) is 2.92. The van der Waals surface area contributed by atoms with Crippen LogP contribution in [0.25, 0.3) is 0 Å². The van der Waals surface area contributed by atoms with E-state index in [2.05, 4.69) is 43.2 Å². The Morgan fingerprint density at radius 1 is 1.18 bits per heavy atom. The zero-order chi connectivity index (χ0) is 19.7. The number of hydrogen-bond acceptors (Lipinski definition) is 6. The number of halogens is 2. The van der Waals surface area contributed by atoms with Crippen LogP contribution in [-0.4, -0.2) is 27.7 Å². The summed E-state index contributed by atoms with van der Waals surface area (Å²) in [6.07, 6.45) is 2.05. The Balaban J connectivity index is 1.64. The maximum atomic E-state index is 11.4. The van der Waals surface area contributed by atoms with Gasteiger partial charge in [-0.3, -0.25) is 0 Å². The predicted molar refractivity (Wildman–Crippen MR) is 115 cm³/mol. The molecule has 0 bridgehead atoms. The van der Waals surface area contributed by atoms with Crippen LogP contribution in [0.4, 0.5) is 23.1 Å². The summed E-state index contributed by atoms with van der Waals surface area (Å²) in [7, 11) is 0. The number of fused-ring (bicyclic) bond motifs is 1. The van der Waals surface area contributed by atoms with E-state index in [4.69, 9.17) is 16.3 Å². The molecule has 1 aliphatic rings. The summed E-state index contributed by atoms with van der Waals surface area (Å²) in [4.78, 5) is 20.0. The van der Waals surface area contributed by atoms with E-state index in [0.29, 0.717) is 46.8 Å². The molecule has 2 aromatic carbocycles. The van der Waals surface area contributed by atoms with E-state index in [9.17, 15) is 9.90 Å². The smallest absolute Gasteiger partial charge is 0.336 e. The average Bonchev–Trinajstić information content (AvgIpc) is 3.16. The Bertz CT molecular complexity index is 1080. The molecule has 0 unspecified atom stereocenters. The van der Waals surface area contributed by atoms with E-state index in [1.807, 2.05) is 24.3 Å². The first-order chi connectivity index (χ1) is 13.5. The number of ether oxygens (including phenoxy) is 1. The Hall–Kier alpha value is -2.59. The largest absolute Gasteiger partial charge is 0.491 e. The minimum absolute atomic E-state index is 0.246. The number of para-hydroxylation sites is 1. The topological polar surface area (TPSA) is 96.4 Å². The maximum absolute atomic E-state index is 11.4. The van der Waals surface area contributed by atoms with E-state index in [0.717, 1.165) is 9.26 Å². The molecule has 9 heteroatoms. The first-order valence-corrected chi connectivity index (χ1v) is 9.81. The van der Waals surface area contributed by atoms with Crippen molar-refractivity contribution in [3.05, 3.63) is 62.3 Å². The molecule has 7 nitrogen and oxygen atoms in total. The van der Waals surface area contributed by atoms with Crippen molar-refractivity contribution in [3.8, 4) is 5.75 Å². The van der Waals surface area contributed by atoms with Gasteiger partial charge < -0.3 is 20.5 Å². The number of nitrogens with one attached hydrogen (secondary N) is 2. The number of aromatic carboxylic acids is 1. The van der Waals surface area contributed by atoms with Gasteiger partial charge in [-0.2, -0.15) is 4.98 Å². The van der Waals surface area contributed by atoms with Crippen molar-refractivity contribution < 1.29 is 14.6 Å². The molecule has 4 rings (SSSR count).